The van der Waals surface area contributed by atoms with E-state index in [1.165, 1.54) is 25.6 Å². The van der Waals surface area contributed by atoms with Crippen LogP contribution in [-0.2, 0) is 13.2 Å². The van der Waals surface area contributed by atoms with Crippen LogP contribution in [0, 0.1) is 6.92 Å². The summed E-state index contributed by atoms with van der Waals surface area (Å²) in [5, 5.41) is 19.4. The average molecular weight is 352 g/mol. The molecule has 1 heterocycles. The Labute approximate surface area is 143 Å². The maximum atomic E-state index is 12.3. The van der Waals surface area contributed by atoms with Gasteiger partial charge in [0.1, 0.15) is 5.75 Å². The molecule has 0 unspecified atom stereocenters. The molecule has 0 spiro atoms. The van der Waals surface area contributed by atoms with E-state index < -0.39 is 6.61 Å². The summed E-state index contributed by atoms with van der Waals surface area (Å²) < 4.78 is 34.0. The Hall–Kier alpha value is -2.74. The summed E-state index contributed by atoms with van der Waals surface area (Å²) in [7, 11) is 1.35. The summed E-state index contributed by atoms with van der Waals surface area (Å²) in [5.41, 5.74) is 1.96. The quantitative estimate of drug-likeness (QED) is 0.749. The molecule has 1 aromatic heterocycles. The van der Waals surface area contributed by atoms with Crippen molar-refractivity contribution in [2.75, 3.05) is 7.11 Å². The van der Waals surface area contributed by atoms with Gasteiger partial charge in [-0.2, -0.15) is 8.78 Å². The number of ether oxygens (including phenoxy) is 2. The monoisotopic (exact) mass is 352 g/mol. The van der Waals surface area contributed by atoms with Crippen LogP contribution in [0.4, 0.5) is 8.78 Å². The highest BCUT2D eigenvalue weighted by Crippen LogP contribution is 2.29. The van der Waals surface area contributed by atoms with Gasteiger partial charge in [-0.25, -0.2) is 0 Å². The van der Waals surface area contributed by atoms with Crippen LogP contribution in [-0.4, -0.2) is 35.1 Å². The largest absolute Gasteiger partial charge is 0.505 e. The summed E-state index contributed by atoms with van der Waals surface area (Å²) in [6.07, 6.45) is 2.90. The molecule has 2 rings (SSSR count). The number of aliphatic hydroxyl groups is 1. The normalized spacial score (nSPS) is 11.3. The highest BCUT2D eigenvalue weighted by molar-refractivity contribution is 5.85. The summed E-state index contributed by atoms with van der Waals surface area (Å²) in [4.78, 5) is 8.19. The molecule has 134 valence electrons. The van der Waals surface area contributed by atoms with Crippen molar-refractivity contribution in [3.05, 3.63) is 46.8 Å². The second-order valence-corrected chi connectivity index (χ2v) is 5.12. The number of alkyl halides is 2. The summed E-state index contributed by atoms with van der Waals surface area (Å²) >= 11 is 0. The van der Waals surface area contributed by atoms with Gasteiger partial charge in [0, 0.05) is 23.5 Å². The van der Waals surface area contributed by atoms with Crippen molar-refractivity contribution in [1.82, 2.24) is 4.98 Å². The zero-order valence-electron chi connectivity index (χ0n) is 13.7. The zero-order chi connectivity index (χ0) is 18.4. The van der Waals surface area contributed by atoms with Gasteiger partial charge in [-0.05, 0) is 24.6 Å². The number of aliphatic hydroxyl groups excluding tert-OH is 1. The third-order valence-electron chi connectivity index (χ3n) is 3.47. The highest BCUT2D eigenvalue weighted by Gasteiger charge is 2.11. The number of nitrogens with zero attached hydrogens (tertiary/aromatic N) is 2. The van der Waals surface area contributed by atoms with Crippen LogP contribution in [0.2, 0.25) is 0 Å². The predicted molar refractivity (Wildman–Crippen MR) is 87.5 cm³/mol. The number of aryl methyl sites for hydroxylation is 1. The average Bonchev–Trinajstić information content (AvgIpc) is 2.59. The summed E-state index contributed by atoms with van der Waals surface area (Å²) in [6.45, 7) is -1.36. The zero-order valence-corrected chi connectivity index (χ0v) is 13.7. The van der Waals surface area contributed by atoms with Gasteiger partial charge in [0.2, 0.25) is 0 Å². The Morgan fingerprint density at radius 2 is 2.08 bits per heavy atom. The van der Waals surface area contributed by atoms with Crippen LogP contribution in [0.3, 0.4) is 0 Å². The number of pyridine rings is 1. The van der Waals surface area contributed by atoms with Gasteiger partial charge in [0.25, 0.3) is 0 Å². The van der Waals surface area contributed by atoms with E-state index in [1.807, 2.05) is 0 Å². The van der Waals surface area contributed by atoms with Gasteiger partial charge in [-0.3, -0.25) is 9.98 Å². The van der Waals surface area contributed by atoms with Crippen LogP contribution >= 0.6 is 0 Å². The van der Waals surface area contributed by atoms with Gasteiger partial charge in [-0.15, -0.1) is 0 Å². The molecular formula is C17H18F2N2O4. The standard InChI is InChI=1S/C17H18F2N2O4/c1-10-16(23)13(12(9-22)7-21-10)8-20-6-11-3-4-14(25-17(18)19)15(5-11)24-2/h3-5,7-8,17,22-23H,6,9H2,1-2H3. The van der Waals surface area contributed by atoms with Crippen molar-refractivity contribution in [1.29, 1.82) is 0 Å². The third kappa shape index (κ3) is 4.63. The minimum absolute atomic E-state index is 0.0476. The van der Waals surface area contributed by atoms with E-state index in [-0.39, 0.29) is 30.4 Å². The number of aliphatic imine (C=N–C) groups is 1. The number of aromatic hydroxyl groups is 1. The minimum Gasteiger partial charge on any atom is -0.505 e. The van der Waals surface area contributed by atoms with Crippen molar-refractivity contribution >= 4 is 6.21 Å². The summed E-state index contributed by atoms with van der Waals surface area (Å²) in [6, 6.07) is 4.50. The van der Waals surface area contributed by atoms with Gasteiger partial charge in [0.15, 0.2) is 11.5 Å². The molecule has 25 heavy (non-hydrogen) atoms. The molecule has 8 heteroatoms. The van der Waals surface area contributed by atoms with Crippen LogP contribution < -0.4 is 9.47 Å². The minimum atomic E-state index is -2.94. The Kier molecular flexibility index (Phi) is 6.24. The Morgan fingerprint density at radius 1 is 1.32 bits per heavy atom. The number of hydrogen-bond acceptors (Lipinski definition) is 6. The molecule has 2 aromatic rings. The molecule has 0 fully saturated rings. The van der Waals surface area contributed by atoms with E-state index >= 15 is 0 Å². The second kappa shape index (κ2) is 8.39. The van der Waals surface area contributed by atoms with Crippen molar-refractivity contribution in [2.24, 2.45) is 4.99 Å². The van der Waals surface area contributed by atoms with Crippen LogP contribution in [0.25, 0.3) is 0 Å². The van der Waals surface area contributed by atoms with Crippen molar-refractivity contribution in [3.8, 4) is 17.2 Å². The lowest BCUT2D eigenvalue weighted by Gasteiger charge is -2.10. The lowest BCUT2D eigenvalue weighted by Crippen LogP contribution is -2.03. The maximum Gasteiger partial charge on any atom is 0.387 e. The van der Waals surface area contributed by atoms with Crippen LogP contribution in [0.15, 0.2) is 29.4 Å². The second-order valence-electron chi connectivity index (χ2n) is 5.12. The fourth-order valence-corrected chi connectivity index (χ4v) is 2.17. The molecule has 0 atom stereocenters. The SMILES string of the molecule is COc1cc(CN=Cc2c(CO)cnc(C)c2O)ccc1OC(F)F. The first kappa shape index (κ1) is 18.6. The molecule has 0 bridgehead atoms. The molecule has 1 aromatic carbocycles. The molecule has 6 nitrogen and oxygen atoms in total. The lowest BCUT2D eigenvalue weighted by atomic mass is 10.1. The number of hydrogen-bond donors (Lipinski definition) is 2. The molecular weight excluding hydrogens is 334 g/mol. The highest BCUT2D eigenvalue weighted by atomic mass is 19.3. The first-order valence-corrected chi connectivity index (χ1v) is 7.36. The molecule has 0 amide bonds. The Balaban J connectivity index is 2.19. The number of rotatable bonds is 7. The molecule has 0 saturated carbocycles. The molecule has 0 aliphatic heterocycles. The van der Waals surface area contributed by atoms with E-state index in [4.69, 9.17) is 4.74 Å². The van der Waals surface area contributed by atoms with Gasteiger partial charge in [-0.1, -0.05) is 6.07 Å². The molecule has 2 N–H and O–H groups in total. The Bertz CT molecular complexity index is 767. The van der Waals surface area contributed by atoms with E-state index in [1.54, 1.807) is 19.1 Å². The topological polar surface area (TPSA) is 84.2 Å². The maximum absolute atomic E-state index is 12.3. The molecule has 0 radical (unpaired) electrons. The predicted octanol–water partition coefficient (Wildman–Crippen LogP) is 2.82. The lowest BCUT2D eigenvalue weighted by molar-refractivity contribution is -0.0512. The smallest absolute Gasteiger partial charge is 0.387 e. The van der Waals surface area contributed by atoms with Crippen LogP contribution in [0.5, 0.6) is 17.2 Å². The summed E-state index contributed by atoms with van der Waals surface area (Å²) in [5.74, 6) is 0.0652. The van der Waals surface area contributed by atoms with E-state index in [2.05, 4.69) is 14.7 Å². The number of halogens is 2. The first-order chi connectivity index (χ1) is 12.0. The van der Waals surface area contributed by atoms with Crippen molar-refractivity contribution in [3.63, 3.8) is 0 Å². The Morgan fingerprint density at radius 3 is 2.72 bits per heavy atom. The third-order valence-corrected chi connectivity index (χ3v) is 3.47. The fraction of sp³-hybridized carbons (Fsp3) is 0.294. The van der Waals surface area contributed by atoms with Gasteiger partial charge in [0.05, 0.1) is 26.0 Å². The molecule has 0 aliphatic rings. The van der Waals surface area contributed by atoms with Gasteiger partial charge < -0.3 is 19.7 Å². The number of methoxy groups -OCH3 is 1. The van der Waals surface area contributed by atoms with Gasteiger partial charge >= 0.3 is 6.61 Å². The van der Waals surface area contributed by atoms with E-state index in [0.717, 1.165) is 0 Å². The van der Waals surface area contributed by atoms with E-state index in [9.17, 15) is 19.0 Å². The molecule has 0 aliphatic carbocycles. The molecule has 0 saturated heterocycles. The van der Waals surface area contributed by atoms with Crippen LogP contribution in [0.1, 0.15) is 22.4 Å². The fourth-order valence-electron chi connectivity index (χ4n) is 2.17. The first-order valence-electron chi connectivity index (χ1n) is 7.36. The number of aromatic nitrogens is 1. The van der Waals surface area contributed by atoms with E-state index in [0.29, 0.717) is 22.4 Å². The number of benzene rings is 1. The van der Waals surface area contributed by atoms with Crippen molar-refractivity contribution < 1.29 is 28.5 Å². The van der Waals surface area contributed by atoms with Crippen molar-refractivity contribution in [2.45, 2.75) is 26.7 Å².